The van der Waals surface area contributed by atoms with Crippen molar-refractivity contribution in [3.8, 4) is 0 Å². The van der Waals surface area contributed by atoms with Crippen LogP contribution in [0.5, 0.6) is 0 Å². The third-order valence-corrected chi connectivity index (χ3v) is 4.93. The van der Waals surface area contributed by atoms with E-state index in [0.29, 0.717) is 0 Å². The van der Waals surface area contributed by atoms with Crippen LogP contribution in [0.2, 0.25) is 0 Å². The lowest BCUT2D eigenvalue weighted by molar-refractivity contribution is 0.799. The van der Waals surface area contributed by atoms with Crippen LogP contribution in [0.1, 0.15) is 16.8 Å². The number of aryl methyl sites for hydroxylation is 1. The third kappa shape index (κ3) is 3.61. The second kappa shape index (κ2) is 6.91. The first-order chi connectivity index (χ1) is 12.3. The highest BCUT2D eigenvalue weighted by atomic mass is 32.1. The minimum atomic E-state index is 0.800. The minimum Gasteiger partial charge on any atom is -0.342 e. The molecule has 0 amide bonds. The van der Waals surface area contributed by atoms with E-state index in [-0.39, 0.29) is 0 Å². The first-order valence-electron chi connectivity index (χ1n) is 8.13. The number of rotatable bonds is 5. The Morgan fingerprint density at radius 1 is 1.08 bits per heavy atom. The number of benzene rings is 2. The van der Waals surface area contributed by atoms with E-state index in [1.54, 1.807) is 11.3 Å². The molecule has 0 atom stereocenters. The molecule has 4 aromatic rings. The summed E-state index contributed by atoms with van der Waals surface area (Å²) in [6.45, 7) is 2.93. The number of hydrazone groups is 1. The molecular weight excluding hydrogens is 328 g/mol. The molecule has 0 saturated heterocycles. The highest BCUT2D eigenvalue weighted by molar-refractivity contribution is 7.22. The van der Waals surface area contributed by atoms with E-state index in [9.17, 15) is 0 Å². The normalized spacial score (nSPS) is 11.4. The van der Waals surface area contributed by atoms with Gasteiger partial charge in [-0.05, 0) is 36.8 Å². The average Bonchev–Trinajstić information content (AvgIpc) is 3.23. The van der Waals surface area contributed by atoms with Gasteiger partial charge < -0.3 is 4.57 Å². The molecule has 124 valence electrons. The van der Waals surface area contributed by atoms with Crippen molar-refractivity contribution in [2.45, 2.75) is 13.5 Å². The summed E-state index contributed by atoms with van der Waals surface area (Å²) in [5.74, 6) is 0. The van der Waals surface area contributed by atoms with Crippen LogP contribution in [0.25, 0.3) is 10.2 Å². The van der Waals surface area contributed by atoms with Gasteiger partial charge in [0.2, 0.25) is 5.13 Å². The van der Waals surface area contributed by atoms with Gasteiger partial charge >= 0.3 is 0 Å². The largest absolute Gasteiger partial charge is 0.342 e. The van der Waals surface area contributed by atoms with Gasteiger partial charge in [0.1, 0.15) is 0 Å². The standard InChI is InChI=1S/C20H18N4S/c1-15-8-10-16(11-9-15)14-24-12-4-5-17(24)13-21-23-20-22-18-6-2-3-7-19(18)25-20/h2-13H,14H2,1H3,(H,22,23)/b21-13-. The molecule has 2 aromatic heterocycles. The van der Waals surface area contributed by atoms with Gasteiger partial charge in [-0.25, -0.2) is 4.98 Å². The lowest BCUT2D eigenvalue weighted by atomic mass is 10.1. The lowest BCUT2D eigenvalue weighted by Gasteiger charge is -2.06. The van der Waals surface area contributed by atoms with E-state index in [1.165, 1.54) is 11.1 Å². The monoisotopic (exact) mass is 346 g/mol. The number of aromatic nitrogens is 2. The fourth-order valence-corrected chi connectivity index (χ4v) is 3.47. The second-order valence-corrected chi connectivity index (χ2v) is 6.93. The maximum atomic E-state index is 4.52. The average molecular weight is 346 g/mol. The molecule has 0 aliphatic rings. The molecule has 25 heavy (non-hydrogen) atoms. The number of fused-ring (bicyclic) bond motifs is 1. The summed E-state index contributed by atoms with van der Waals surface area (Å²) < 4.78 is 3.33. The van der Waals surface area contributed by atoms with Crippen LogP contribution in [0.3, 0.4) is 0 Å². The highest BCUT2D eigenvalue weighted by Gasteiger charge is 2.02. The number of thiazole rings is 1. The Bertz CT molecular complexity index is 979. The zero-order chi connectivity index (χ0) is 17.1. The van der Waals surface area contributed by atoms with Crippen LogP contribution in [0.15, 0.2) is 72.0 Å². The van der Waals surface area contributed by atoms with Gasteiger partial charge in [-0.1, -0.05) is 53.3 Å². The minimum absolute atomic E-state index is 0.800. The van der Waals surface area contributed by atoms with Gasteiger partial charge in [0.15, 0.2) is 0 Å². The van der Waals surface area contributed by atoms with Crippen molar-refractivity contribution in [1.29, 1.82) is 0 Å². The van der Waals surface area contributed by atoms with Crippen LogP contribution < -0.4 is 5.43 Å². The molecule has 2 aromatic carbocycles. The summed E-state index contributed by atoms with van der Waals surface area (Å²) in [6.07, 6.45) is 3.90. The number of nitrogens with one attached hydrogen (secondary N) is 1. The van der Waals surface area contributed by atoms with Crippen molar-refractivity contribution in [3.05, 3.63) is 83.7 Å². The van der Waals surface area contributed by atoms with Crippen molar-refractivity contribution in [2.75, 3.05) is 5.43 Å². The van der Waals surface area contributed by atoms with Gasteiger partial charge in [-0.3, -0.25) is 5.43 Å². The van der Waals surface area contributed by atoms with Crippen molar-refractivity contribution in [2.24, 2.45) is 5.10 Å². The first kappa shape index (κ1) is 15.6. The maximum absolute atomic E-state index is 4.52. The van der Waals surface area contributed by atoms with E-state index < -0.39 is 0 Å². The molecule has 0 saturated carbocycles. The predicted molar refractivity (Wildman–Crippen MR) is 106 cm³/mol. The highest BCUT2D eigenvalue weighted by Crippen LogP contribution is 2.25. The predicted octanol–water partition coefficient (Wildman–Crippen LogP) is 4.90. The van der Waals surface area contributed by atoms with Gasteiger partial charge in [0.25, 0.3) is 0 Å². The van der Waals surface area contributed by atoms with Crippen LogP contribution in [-0.4, -0.2) is 15.8 Å². The Hall–Kier alpha value is -2.92. The van der Waals surface area contributed by atoms with Crippen molar-refractivity contribution >= 4 is 32.9 Å². The molecule has 0 radical (unpaired) electrons. The number of para-hydroxylation sites is 1. The summed E-state index contributed by atoms with van der Waals surface area (Å²) in [5, 5.41) is 5.15. The van der Waals surface area contributed by atoms with Gasteiger partial charge in [0.05, 0.1) is 22.1 Å². The molecule has 5 heteroatoms. The van der Waals surface area contributed by atoms with E-state index in [1.807, 2.05) is 30.5 Å². The summed E-state index contributed by atoms with van der Waals surface area (Å²) in [6, 6.07) is 20.8. The van der Waals surface area contributed by atoms with Gasteiger partial charge in [-0.2, -0.15) is 5.10 Å². The quantitative estimate of drug-likeness (QED) is 0.412. The smallest absolute Gasteiger partial charge is 0.204 e. The van der Waals surface area contributed by atoms with E-state index in [0.717, 1.165) is 27.6 Å². The first-order valence-corrected chi connectivity index (χ1v) is 8.95. The van der Waals surface area contributed by atoms with Crippen LogP contribution >= 0.6 is 11.3 Å². The van der Waals surface area contributed by atoms with Crippen LogP contribution in [0, 0.1) is 6.92 Å². The molecule has 4 rings (SSSR count). The van der Waals surface area contributed by atoms with Crippen LogP contribution in [0.4, 0.5) is 5.13 Å². The second-order valence-electron chi connectivity index (χ2n) is 5.90. The summed E-state index contributed by atoms with van der Waals surface area (Å²) in [4.78, 5) is 4.52. The van der Waals surface area contributed by atoms with E-state index >= 15 is 0 Å². The molecule has 0 unspecified atom stereocenters. The number of anilines is 1. The SMILES string of the molecule is Cc1ccc(Cn2cccc2/C=N\Nc2nc3ccccc3s2)cc1. The number of nitrogens with zero attached hydrogens (tertiary/aromatic N) is 3. The number of hydrogen-bond donors (Lipinski definition) is 1. The van der Waals surface area contributed by atoms with Gasteiger partial charge in [-0.15, -0.1) is 0 Å². The molecule has 0 bridgehead atoms. The third-order valence-electron chi connectivity index (χ3n) is 3.99. The molecular formula is C20H18N4S. The van der Waals surface area contributed by atoms with Crippen LogP contribution in [-0.2, 0) is 6.54 Å². The van der Waals surface area contributed by atoms with Crippen molar-refractivity contribution in [1.82, 2.24) is 9.55 Å². The Kier molecular flexibility index (Phi) is 4.31. The Morgan fingerprint density at radius 3 is 2.76 bits per heavy atom. The summed E-state index contributed by atoms with van der Waals surface area (Å²) in [5.41, 5.74) is 7.63. The lowest BCUT2D eigenvalue weighted by Crippen LogP contribution is -2.03. The Morgan fingerprint density at radius 2 is 1.92 bits per heavy atom. The molecule has 0 spiro atoms. The summed E-state index contributed by atoms with van der Waals surface area (Å²) >= 11 is 1.60. The molecule has 0 aliphatic heterocycles. The fraction of sp³-hybridized carbons (Fsp3) is 0.100. The topological polar surface area (TPSA) is 42.2 Å². The Labute approximate surface area is 150 Å². The Balaban J connectivity index is 1.46. The molecule has 4 nitrogen and oxygen atoms in total. The number of hydrogen-bond acceptors (Lipinski definition) is 4. The zero-order valence-corrected chi connectivity index (χ0v) is 14.7. The van der Waals surface area contributed by atoms with Gasteiger partial charge in [0, 0.05) is 12.7 Å². The summed E-state index contributed by atoms with van der Waals surface area (Å²) in [7, 11) is 0. The molecule has 1 N–H and O–H groups in total. The van der Waals surface area contributed by atoms with Crippen molar-refractivity contribution < 1.29 is 0 Å². The van der Waals surface area contributed by atoms with E-state index in [2.05, 4.69) is 69.6 Å². The van der Waals surface area contributed by atoms with Crippen molar-refractivity contribution in [3.63, 3.8) is 0 Å². The molecule has 2 heterocycles. The van der Waals surface area contributed by atoms with E-state index in [4.69, 9.17) is 0 Å². The maximum Gasteiger partial charge on any atom is 0.204 e. The zero-order valence-electron chi connectivity index (χ0n) is 13.9. The fourth-order valence-electron chi connectivity index (χ4n) is 2.65. The molecule has 0 aliphatic carbocycles. The molecule has 0 fully saturated rings.